The minimum atomic E-state index is -0.451. The van der Waals surface area contributed by atoms with Gasteiger partial charge in [0.1, 0.15) is 5.03 Å². The number of hydrogen-bond donors (Lipinski definition) is 0. The van der Waals surface area contributed by atoms with E-state index >= 15 is 4.39 Å². The zero-order chi connectivity index (χ0) is 17.9. The molecule has 2 aromatic heterocycles. The van der Waals surface area contributed by atoms with Gasteiger partial charge in [0.2, 0.25) is 0 Å². The average Bonchev–Trinajstić information content (AvgIpc) is 2.64. The van der Waals surface area contributed by atoms with Gasteiger partial charge in [0, 0.05) is 29.7 Å². The van der Waals surface area contributed by atoms with E-state index in [1.165, 1.54) is 18.0 Å². The first kappa shape index (κ1) is 16.9. The van der Waals surface area contributed by atoms with Crippen LogP contribution in [0.1, 0.15) is 30.7 Å². The SMILES string of the molecule is CSc1ccnc(Oc2c(C3CCC3)ccc(-c3cnccn3)c2F)n1. The van der Waals surface area contributed by atoms with E-state index in [1.807, 2.05) is 12.3 Å². The maximum Gasteiger partial charge on any atom is 0.323 e. The molecule has 0 amide bonds. The van der Waals surface area contributed by atoms with Crippen molar-refractivity contribution in [3.63, 3.8) is 0 Å². The molecule has 7 heteroatoms. The van der Waals surface area contributed by atoms with E-state index in [0.29, 0.717) is 17.2 Å². The molecule has 0 bridgehead atoms. The fraction of sp³-hybridized carbons (Fsp3) is 0.263. The van der Waals surface area contributed by atoms with Crippen LogP contribution in [0.5, 0.6) is 11.8 Å². The van der Waals surface area contributed by atoms with Crippen LogP contribution < -0.4 is 4.74 Å². The Morgan fingerprint density at radius 3 is 2.69 bits per heavy atom. The van der Waals surface area contributed by atoms with Crippen LogP contribution >= 0.6 is 11.8 Å². The van der Waals surface area contributed by atoms with E-state index in [0.717, 1.165) is 29.9 Å². The quantitative estimate of drug-likeness (QED) is 0.474. The molecule has 0 aliphatic heterocycles. The Morgan fingerprint density at radius 1 is 1.12 bits per heavy atom. The van der Waals surface area contributed by atoms with Crippen LogP contribution in [0.25, 0.3) is 11.3 Å². The molecular weight excluding hydrogens is 351 g/mol. The second-order valence-electron chi connectivity index (χ2n) is 6.05. The summed E-state index contributed by atoms with van der Waals surface area (Å²) in [7, 11) is 0. The first-order valence-electron chi connectivity index (χ1n) is 8.40. The van der Waals surface area contributed by atoms with Crippen molar-refractivity contribution in [1.29, 1.82) is 0 Å². The van der Waals surface area contributed by atoms with Gasteiger partial charge in [-0.1, -0.05) is 12.5 Å². The topological polar surface area (TPSA) is 60.8 Å². The van der Waals surface area contributed by atoms with Gasteiger partial charge in [0.25, 0.3) is 0 Å². The van der Waals surface area contributed by atoms with E-state index in [9.17, 15) is 0 Å². The van der Waals surface area contributed by atoms with Crippen molar-refractivity contribution >= 4 is 11.8 Å². The van der Waals surface area contributed by atoms with Crippen molar-refractivity contribution in [1.82, 2.24) is 19.9 Å². The summed E-state index contributed by atoms with van der Waals surface area (Å²) in [4.78, 5) is 16.7. The van der Waals surface area contributed by atoms with Gasteiger partial charge in [-0.25, -0.2) is 9.37 Å². The summed E-state index contributed by atoms with van der Waals surface area (Å²) in [5.41, 5.74) is 1.69. The fourth-order valence-corrected chi connectivity index (χ4v) is 3.30. The van der Waals surface area contributed by atoms with E-state index in [4.69, 9.17) is 4.74 Å². The summed E-state index contributed by atoms with van der Waals surface area (Å²) in [6, 6.07) is 5.60. The van der Waals surface area contributed by atoms with Crippen molar-refractivity contribution in [2.45, 2.75) is 30.2 Å². The third-order valence-electron chi connectivity index (χ3n) is 4.52. The van der Waals surface area contributed by atoms with Gasteiger partial charge >= 0.3 is 6.01 Å². The molecule has 4 rings (SSSR count). The molecule has 1 fully saturated rings. The second kappa shape index (κ2) is 7.37. The molecule has 0 unspecified atom stereocenters. The lowest BCUT2D eigenvalue weighted by Crippen LogP contribution is -2.11. The molecule has 0 N–H and O–H groups in total. The molecule has 1 aliphatic rings. The highest BCUT2D eigenvalue weighted by molar-refractivity contribution is 7.98. The lowest BCUT2D eigenvalue weighted by Gasteiger charge is -2.28. The molecule has 3 aromatic rings. The van der Waals surface area contributed by atoms with Crippen LogP contribution in [0, 0.1) is 5.82 Å². The summed E-state index contributed by atoms with van der Waals surface area (Å²) in [5, 5.41) is 0.769. The van der Waals surface area contributed by atoms with Gasteiger partial charge in [-0.3, -0.25) is 9.97 Å². The Labute approximate surface area is 155 Å². The van der Waals surface area contributed by atoms with E-state index in [2.05, 4.69) is 19.9 Å². The Morgan fingerprint density at radius 2 is 2.00 bits per heavy atom. The number of aromatic nitrogens is 4. The first-order chi connectivity index (χ1) is 12.8. The van der Waals surface area contributed by atoms with Crippen LogP contribution in [-0.4, -0.2) is 26.2 Å². The number of nitrogens with zero attached hydrogens (tertiary/aromatic N) is 4. The fourth-order valence-electron chi connectivity index (χ4n) is 2.93. The van der Waals surface area contributed by atoms with Crippen molar-refractivity contribution in [3.8, 4) is 23.0 Å². The largest absolute Gasteiger partial charge is 0.421 e. The first-order valence-corrected chi connectivity index (χ1v) is 9.62. The van der Waals surface area contributed by atoms with E-state index in [-0.39, 0.29) is 11.8 Å². The molecule has 0 radical (unpaired) electrons. The third kappa shape index (κ3) is 3.26. The highest BCUT2D eigenvalue weighted by Crippen LogP contribution is 2.44. The summed E-state index contributed by atoms with van der Waals surface area (Å²) in [6.07, 6.45) is 11.4. The second-order valence-corrected chi connectivity index (χ2v) is 6.87. The van der Waals surface area contributed by atoms with Crippen molar-refractivity contribution in [3.05, 3.63) is 54.4 Å². The molecule has 1 saturated carbocycles. The Hall–Kier alpha value is -2.54. The Kier molecular flexibility index (Phi) is 4.79. The molecule has 1 aromatic carbocycles. The lowest BCUT2D eigenvalue weighted by molar-refractivity contribution is 0.369. The zero-order valence-electron chi connectivity index (χ0n) is 14.2. The standard InChI is InChI=1S/C19H17FN4OS/c1-26-16-7-8-23-19(24-16)25-18-13(12-3-2-4-12)5-6-14(17(18)20)15-11-21-9-10-22-15/h5-12H,2-4H2,1H3. The maximum atomic E-state index is 15.4. The smallest absolute Gasteiger partial charge is 0.323 e. The molecule has 0 spiro atoms. The van der Waals surface area contributed by atoms with Gasteiger partial charge in [0.05, 0.1) is 11.9 Å². The van der Waals surface area contributed by atoms with Gasteiger partial charge in [-0.05, 0) is 37.1 Å². The molecule has 132 valence electrons. The molecular formula is C19H17FN4OS. The van der Waals surface area contributed by atoms with Gasteiger partial charge in [-0.15, -0.1) is 11.8 Å². The predicted octanol–water partition coefficient (Wildman–Crippen LogP) is 4.85. The van der Waals surface area contributed by atoms with Crippen molar-refractivity contribution < 1.29 is 9.13 Å². The monoisotopic (exact) mass is 368 g/mol. The summed E-state index contributed by atoms with van der Waals surface area (Å²) < 4.78 is 21.2. The van der Waals surface area contributed by atoms with Gasteiger partial charge in [0.15, 0.2) is 11.6 Å². The third-order valence-corrected chi connectivity index (χ3v) is 5.17. The van der Waals surface area contributed by atoms with E-state index in [1.54, 1.807) is 30.7 Å². The Balaban J connectivity index is 1.78. The van der Waals surface area contributed by atoms with Gasteiger partial charge in [-0.2, -0.15) is 4.98 Å². The van der Waals surface area contributed by atoms with Crippen LogP contribution in [0.4, 0.5) is 4.39 Å². The van der Waals surface area contributed by atoms with Crippen molar-refractivity contribution in [2.75, 3.05) is 6.26 Å². The average molecular weight is 368 g/mol. The molecule has 5 nitrogen and oxygen atoms in total. The zero-order valence-corrected chi connectivity index (χ0v) is 15.0. The molecule has 0 saturated heterocycles. The van der Waals surface area contributed by atoms with Crippen molar-refractivity contribution in [2.24, 2.45) is 0 Å². The normalized spacial score (nSPS) is 14.1. The van der Waals surface area contributed by atoms with Crippen LogP contribution in [0.2, 0.25) is 0 Å². The highest BCUT2D eigenvalue weighted by atomic mass is 32.2. The lowest BCUT2D eigenvalue weighted by atomic mass is 9.79. The van der Waals surface area contributed by atoms with E-state index < -0.39 is 5.82 Å². The summed E-state index contributed by atoms with van der Waals surface area (Å²) in [5.74, 6) is 0.0447. The van der Waals surface area contributed by atoms with Crippen LogP contribution in [0.15, 0.2) is 48.0 Å². The van der Waals surface area contributed by atoms with Gasteiger partial charge < -0.3 is 4.74 Å². The number of halogens is 1. The minimum Gasteiger partial charge on any atom is -0.421 e. The number of rotatable bonds is 5. The molecule has 2 heterocycles. The Bertz CT molecular complexity index is 919. The minimum absolute atomic E-state index is 0.146. The van der Waals surface area contributed by atoms with Crippen LogP contribution in [-0.2, 0) is 0 Å². The summed E-state index contributed by atoms with van der Waals surface area (Å²) in [6.45, 7) is 0. The maximum absolute atomic E-state index is 15.4. The number of ether oxygens (including phenoxy) is 1. The summed E-state index contributed by atoms with van der Waals surface area (Å²) >= 11 is 1.48. The molecule has 1 aliphatic carbocycles. The molecule has 0 atom stereocenters. The number of hydrogen-bond acceptors (Lipinski definition) is 6. The van der Waals surface area contributed by atoms with Crippen LogP contribution in [0.3, 0.4) is 0 Å². The molecule has 26 heavy (non-hydrogen) atoms. The highest BCUT2D eigenvalue weighted by Gasteiger charge is 2.27. The predicted molar refractivity (Wildman–Crippen MR) is 97.9 cm³/mol. The number of benzene rings is 1. The number of thioether (sulfide) groups is 1.